The van der Waals surface area contributed by atoms with Gasteiger partial charge in [0.25, 0.3) is 0 Å². The minimum absolute atomic E-state index is 0.103. The first-order chi connectivity index (χ1) is 18.5. The molecule has 1 saturated heterocycles. The maximum absolute atomic E-state index is 13.2. The van der Waals surface area contributed by atoms with E-state index >= 15 is 0 Å². The molecule has 1 heterocycles. The minimum Gasteiger partial charge on any atom is -0.481 e. The Hall–Kier alpha value is -4.69. The zero-order valence-corrected chi connectivity index (χ0v) is 21.3. The summed E-state index contributed by atoms with van der Waals surface area (Å²) >= 11 is 0. The van der Waals surface area contributed by atoms with Crippen molar-refractivity contribution in [2.24, 2.45) is 16.5 Å². The molecule has 0 aliphatic carbocycles. The van der Waals surface area contributed by atoms with Crippen molar-refractivity contribution in [1.82, 2.24) is 26.6 Å². The predicted octanol–water partition coefficient (Wildman–Crippen LogP) is -3.15. The van der Waals surface area contributed by atoms with Crippen LogP contribution in [0.5, 0.6) is 0 Å². The van der Waals surface area contributed by atoms with Crippen molar-refractivity contribution in [3.8, 4) is 0 Å². The Labute approximate surface area is 224 Å². The van der Waals surface area contributed by atoms with Gasteiger partial charge >= 0.3 is 5.97 Å². The van der Waals surface area contributed by atoms with Crippen LogP contribution in [-0.2, 0) is 35.2 Å². The van der Waals surface area contributed by atoms with Crippen molar-refractivity contribution in [3.05, 3.63) is 35.9 Å². The van der Waals surface area contributed by atoms with Crippen LogP contribution in [0.1, 0.15) is 31.2 Å². The summed E-state index contributed by atoms with van der Waals surface area (Å²) in [6.45, 7) is -0.564. The van der Waals surface area contributed by atoms with E-state index in [1.807, 2.05) is 0 Å². The summed E-state index contributed by atoms with van der Waals surface area (Å²) in [5, 5.41) is 21.4. The quantitative estimate of drug-likeness (QED) is 0.0930. The van der Waals surface area contributed by atoms with Crippen LogP contribution in [0.2, 0.25) is 0 Å². The number of hydrogen-bond donors (Lipinski definition) is 8. The van der Waals surface area contributed by atoms with Crippen LogP contribution in [0.3, 0.4) is 0 Å². The van der Waals surface area contributed by atoms with Gasteiger partial charge in [0, 0.05) is 25.9 Å². The summed E-state index contributed by atoms with van der Waals surface area (Å²) < 4.78 is 0. The van der Waals surface area contributed by atoms with Gasteiger partial charge in [-0.25, -0.2) is 0 Å². The number of benzene rings is 1. The molecule has 2 rings (SSSR count). The van der Waals surface area contributed by atoms with Crippen molar-refractivity contribution in [2.75, 3.05) is 19.6 Å². The monoisotopic (exact) mass is 546 g/mol. The summed E-state index contributed by atoms with van der Waals surface area (Å²) in [5.41, 5.74) is 11.4. The molecule has 15 heteroatoms. The highest BCUT2D eigenvalue weighted by molar-refractivity contribution is 5.95. The molecule has 0 saturated carbocycles. The molecule has 10 N–H and O–H groups in total. The zero-order valence-electron chi connectivity index (χ0n) is 21.3. The molecular formula is C24H34N8O7. The lowest BCUT2D eigenvalue weighted by atomic mass is 10.0. The number of carbonyl (C=O) groups excluding carboxylic acids is 5. The fourth-order valence-electron chi connectivity index (χ4n) is 3.71. The normalized spacial score (nSPS) is 21.4. The molecule has 0 bridgehead atoms. The van der Waals surface area contributed by atoms with Crippen LogP contribution in [-0.4, -0.2) is 84.3 Å². The van der Waals surface area contributed by atoms with Gasteiger partial charge in [-0.1, -0.05) is 30.3 Å². The fourth-order valence-corrected chi connectivity index (χ4v) is 3.71. The highest BCUT2D eigenvalue weighted by Gasteiger charge is 2.29. The van der Waals surface area contributed by atoms with Crippen molar-refractivity contribution < 1.29 is 33.9 Å². The van der Waals surface area contributed by atoms with Gasteiger partial charge in [-0.2, -0.15) is 0 Å². The number of nitrogens with zero attached hydrogens (tertiary/aromatic N) is 1. The molecule has 0 radical (unpaired) electrons. The third kappa shape index (κ3) is 11.5. The Morgan fingerprint density at radius 1 is 0.872 bits per heavy atom. The first-order valence-corrected chi connectivity index (χ1v) is 12.3. The Morgan fingerprint density at radius 2 is 1.54 bits per heavy atom. The van der Waals surface area contributed by atoms with Gasteiger partial charge in [0.05, 0.1) is 13.0 Å². The summed E-state index contributed by atoms with van der Waals surface area (Å²) in [4.78, 5) is 78.7. The van der Waals surface area contributed by atoms with Crippen LogP contribution in [0.25, 0.3) is 0 Å². The Bertz CT molecular complexity index is 1080. The van der Waals surface area contributed by atoms with Gasteiger partial charge in [-0.3, -0.25) is 33.8 Å². The third-order valence-corrected chi connectivity index (χ3v) is 5.62. The molecule has 212 valence electrons. The van der Waals surface area contributed by atoms with E-state index in [1.54, 1.807) is 30.3 Å². The fraction of sp³-hybridized carbons (Fsp3) is 0.458. The maximum atomic E-state index is 13.2. The Kier molecular flexibility index (Phi) is 12.2. The molecule has 0 aromatic heterocycles. The minimum atomic E-state index is -1.43. The van der Waals surface area contributed by atoms with Gasteiger partial charge in [0.15, 0.2) is 5.96 Å². The molecular weight excluding hydrogens is 512 g/mol. The van der Waals surface area contributed by atoms with Gasteiger partial charge in [0.1, 0.15) is 18.1 Å². The number of aliphatic carboxylic acids is 1. The number of carboxylic acids is 1. The summed E-state index contributed by atoms with van der Waals surface area (Å²) in [7, 11) is 0. The number of aliphatic imine (C=N–C) groups is 1. The van der Waals surface area contributed by atoms with Crippen LogP contribution in [0, 0.1) is 0 Å². The summed E-state index contributed by atoms with van der Waals surface area (Å²) in [6, 6.07) is 5.31. The average molecular weight is 547 g/mol. The number of guanidine groups is 1. The number of hydrogen-bond acceptors (Lipinski definition) is 7. The predicted molar refractivity (Wildman–Crippen MR) is 139 cm³/mol. The molecule has 0 spiro atoms. The highest BCUT2D eigenvalue weighted by Crippen LogP contribution is 2.06. The Morgan fingerprint density at radius 3 is 2.21 bits per heavy atom. The topological polar surface area (TPSA) is 247 Å². The van der Waals surface area contributed by atoms with Crippen LogP contribution in [0.15, 0.2) is 35.3 Å². The average Bonchev–Trinajstić information content (AvgIpc) is 2.87. The number of carboxylic acid groups (broad SMARTS) is 1. The van der Waals surface area contributed by atoms with E-state index in [2.05, 4.69) is 31.6 Å². The molecule has 1 fully saturated rings. The lowest BCUT2D eigenvalue weighted by molar-refractivity contribution is -0.141. The molecule has 1 aliphatic rings. The largest absolute Gasteiger partial charge is 0.481 e. The van der Waals surface area contributed by atoms with Crippen LogP contribution >= 0.6 is 0 Å². The second-order valence-corrected chi connectivity index (χ2v) is 8.80. The molecule has 5 amide bonds. The SMILES string of the molecule is NC(N)=NCCC[C@@H]1NC(=O)[C@H](Cc2ccccc2)NC(=O)CCNC(=O)[C@H](CC(=O)O)NC(=O)CNC1=O. The first-order valence-electron chi connectivity index (χ1n) is 12.3. The third-order valence-electron chi connectivity index (χ3n) is 5.62. The lowest BCUT2D eigenvalue weighted by Gasteiger charge is -2.24. The second kappa shape index (κ2) is 15.5. The van der Waals surface area contributed by atoms with Crippen molar-refractivity contribution in [1.29, 1.82) is 0 Å². The van der Waals surface area contributed by atoms with Crippen molar-refractivity contribution >= 4 is 41.5 Å². The molecule has 39 heavy (non-hydrogen) atoms. The molecule has 1 aliphatic heterocycles. The number of nitrogens with two attached hydrogens (primary N) is 2. The zero-order chi connectivity index (χ0) is 28.8. The number of amides is 5. The molecule has 0 unspecified atom stereocenters. The van der Waals surface area contributed by atoms with E-state index < -0.39 is 66.6 Å². The van der Waals surface area contributed by atoms with Crippen molar-refractivity contribution in [2.45, 2.75) is 50.2 Å². The summed E-state index contributed by atoms with van der Waals surface area (Å²) in [6.07, 6.45) is -0.401. The van der Waals surface area contributed by atoms with Gasteiger partial charge in [-0.05, 0) is 18.4 Å². The number of carbonyl (C=O) groups is 6. The molecule has 15 nitrogen and oxygen atoms in total. The van der Waals surface area contributed by atoms with Crippen LogP contribution in [0.4, 0.5) is 0 Å². The van der Waals surface area contributed by atoms with E-state index in [-0.39, 0.29) is 38.3 Å². The molecule has 3 atom stereocenters. The number of rotatable bonds is 8. The van der Waals surface area contributed by atoms with E-state index in [4.69, 9.17) is 16.6 Å². The first kappa shape index (κ1) is 30.5. The Balaban J connectivity index is 2.28. The lowest BCUT2D eigenvalue weighted by Crippen LogP contribution is -2.56. The van der Waals surface area contributed by atoms with Gasteiger partial charge in [0.2, 0.25) is 29.5 Å². The van der Waals surface area contributed by atoms with E-state index in [0.717, 1.165) is 5.56 Å². The van der Waals surface area contributed by atoms with Gasteiger partial charge in [-0.15, -0.1) is 0 Å². The number of nitrogens with one attached hydrogen (secondary N) is 5. The highest BCUT2D eigenvalue weighted by atomic mass is 16.4. The van der Waals surface area contributed by atoms with Crippen molar-refractivity contribution in [3.63, 3.8) is 0 Å². The van der Waals surface area contributed by atoms with Gasteiger partial charge < -0.3 is 43.2 Å². The molecule has 1 aromatic rings. The second-order valence-electron chi connectivity index (χ2n) is 8.80. The van der Waals surface area contributed by atoms with Crippen LogP contribution < -0.4 is 38.1 Å². The maximum Gasteiger partial charge on any atom is 0.305 e. The van der Waals surface area contributed by atoms with E-state index in [1.165, 1.54) is 0 Å². The van der Waals surface area contributed by atoms with E-state index in [0.29, 0.717) is 6.42 Å². The summed E-state index contributed by atoms with van der Waals surface area (Å²) in [5.74, 6) is -5.00. The molecule has 1 aromatic carbocycles. The standard InChI is InChI=1S/C24H34N8O7/c25-24(26)28-9-4-7-15-21(37)29-13-19(34)31-17(12-20(35)36)22(38)27-10-8-18(33)30-16(23(39)32-15)11-14-5-2-1-3-6-14/h1-3,5-6,15-17H,4,7-13H2,(H,27,38)(H,29,37)(H,30,33)(H,31,34)(H,32,39)(H,35,36)(H4,25,26,28)/t15-,16-,17-/m0/s1. The van der Waals surface area contributed by atoms with E-state index in [9.17, 15) is 28.8 Å². The smallest absolute Gasteiger partial charge is 0.305 e.